The zero-order chi connectivity index (χ0) is 15.7. The van der Waals surface area contributed by atoms with Gasteiger partial charge in [0.1, 0.15) is 0 Å². The van der Waals surface area contributed by atoms with Crippen LogP contribution in [0.4, 0.5) is 8.78 Å². The number of halogens is 3. The summed E-state index contributed by atoms with van der Waals surface area (Å²) in [6, 6.07) is 3.69. The number of hydrogen-bond acceptors (Lipinski definition) is 2. The number of hydrogen-bond donors (Lipinski definition) is 2. The molecule has 1 heterocycles. The topological polar surface area (TPSA) is 41.1 Å². The second kappa shape index (κ2) is 7.58. The van der Waals surface area contributed by atoms with Gasteiger partial charge in [-0.15, -0.1) is 12.4 Å². The molecule has 1 aromatic carbocycles. The Morgan fingerprint density at radius 2 is 2.00 bits per heavy atom. The molecule has 1 amide bonds. The molecule has 1 aromatic rings. The van der Waals surface area contributed by atoms with Crippen molar-refractivity contribution in [2.45, 2.75) is 57.2 Å². The van der Waals surface area contributed by atoms with Gasteiger partial charge in [-0.2, -0.15) is 0 Å². The molecule has 23 heavy (non-hydrogen) atoms. The minimum absolute atomic E-state index is 0. The first kappa shape index (κ1) is 18.1. The van der Waals surface area contributed by atoms with Crippen molar-refractivity contribution in [3.63, 3.8) is 0 Å². The van der Waals surface area contributed by atoms with Gasteiger partial charge >= 0.3 is 0 Å². The molecule has 2 fully saturated rings. The van der Waals surface area contributed by atoms with E-state index in [0.717, 1.165) is 25.0 Å². The van der Waals surface area contributed by atoms with E-state index in [2.05, 4.69) is 10.6 Å². The molecule has 0 bridgehead atoms. The van der Waals surface area contributed by atoms with E-state index in [-0.39, 0.29) is 30.4 Å². The summed E-state index contributed by atoms with van der Waals surface area (Å²) in [7, 11) is 0. The van der Waals surface area contributed by atoms with Gasteiger partial charge in [-0.3, -0.25) is 4.79 Å². The predicted molar refractivity (Wildman–Crippen MR) is 87.5 cm³/mol. The lowest BCUT2D eigenvalue weighted by atomic mass is 9.85. The van der Waals surface area contributed by atoms with Crippen LogP contribution >= 0.6 is 12.4 Å². The van der Waals surface area contributed by atoms with Crippen LogP contribution in [0, 0.1) is 17.6 Å². The Morgan fingerprint density at radius 3 is 2.70 bits per heavy atom. The Bertz CT molecular complexity index is 556. The first-order valence-corrected chi connectivity index (χ1v) is 8.06. The molecule has 1 saturated carbocycles. The van der Waals surface area contributed by atoms with E-state index in [1.807, 2.05) is 0 Å². The van der Waals surface area contributed by atoms with Crippen LogP contribution < -0.4 is 10.6 Å². The molecule has 4 atom stereocenters. The summed E-state index contributed by atoms with van der Waals surface area (Å²) in [5.74, 6) is -1.21. The molecule has 1 aliphatic heterocycles. The number of carbonyl (C=O) groups excluding carboxylic acids is 1. The highest BCUT2D eigenvalue weighted by molar-refractivity contribution is 5.85. The first-order valence-electron chi connectivity index (χ1n) is 8.06. The van der Waals surface area contributed by atoms with Crippen LogP contribution in [0.5, 0.6) is 0 Å². The normalized spacial score (nSPS) is 27.7. The van der Waals surface area contributed by atoms with E-state index in [0.29, 0.717) is 17.5 Å². The van der Waals surface area contributed by atoms with Crippen LogP contribution in [0.1, 0.15) is 50.6 Å². The molecule has 6 heteroatoms. The lowest BCUT2D eigenvalue weighted by molar-refractivity contribution is -0.123. The van der Waals surface area contributed by atoms with Crippen molar-refractivity contribution in [2.24, 2.45) is 5.92 Å². The first-order chi connectivity index (χ1) is 10.5. The van der Waals surface area contributed by atoms with Gasteiger partial charge in [0.05, 0.1) is 12.1 Å². The molecule has 1 aliphatic carbocycles. The molecule has 3 rings (SSSR count). The smallest absolute Gasteiger partial charge is 0.237 e. The van der Waals surface area contributed by atoms with Crippen LogP contribution in [0.15, 0.2) is 18.2 Å². The number of nitrogens with one attached hydrogen (secondary N) is 2. The average Bonchev–Trinajstić information content (AvgIpc) is 2.94. The van der Waals surface area contributed by atoms with Crippen LogP contribution in [-0.2, 0) is 4.79 Å². The summed E-state index contributed by atoms with van der Waals surface area (Å²) in [5.41, 5.74) is 0.572. The molecule has 0 aromatic heterocycles. The maximum absolute atomic E-state index is 13.3. The fourth-order valence-corrected chi connectivity index (χ4v) is 3.70. The van der Waals surface area contributed by atoms with E-state index in [1.165, 1.54) is 25.3 Å². The molecule has 2 N–H and O–H groups in total. The molecular weight excluding hydrogens is 322 g/mol. The van der Waals surface area contributed by atoms with Gasteiger partial charge in [0.25, 0.3) is 0 Å². The Balaban J connectivity index is 0.00000192. The van der Waals surface area contributed by atoms with Crippen LogP contribution in [0.25, 0.3) is 0 Å². The third kappa shape index (κ3) is 4.01. The highest BCUT2D eigenvalue weighted by Crippen LogP contribution is 2.33. The lowest BCUT2D eigenvalue weighted by Crippen LogP contribution is -2.43. The van der Waals surface area contributed by atoms with Crippen molar-refractivity contribution in [3.8, 4) is 0 Å². The van der Waals surface area contributed by atoms with Gasteiger partial charge in [0.15, 0.2) is 11.6 Å². The number of benzene rings is 1. The highest BCUT2D eigenvalue weighted by atomic mass is 35.5. The fourth-order valence-electron chi connectivity index (χ4n) is 3.70. The van der Waals surface area contributed by atoms with Gasteiger partial charge in [0.2, 0.25) is 5.91 Å². The van der Waals surface area contributed by atoms with E-state index in [1.54, 1.807) is 6.92 Å². The van der Waals surface area contributed by atoms with E-state index >= 15 is 0 Å². The van der Waals surface area contributed by atoms with Gasteiger partial charge in [0, 0.05) is 6.04 Å². The Hall–Kier alpha value is -1.20. The van der Waals surface area contributed by atoms with Gasteiger partial charge in [-0.25, -0.2) is 8.78 Å². The minimum Gasteiger partial charge on any atom is -0.348 e. The zero-order valence-corrected chi connectivity index (χ0v) is 14.0. The van der Waals surface area contributed by atoms with Crippen molar-refractivity contribution in [3.05, 3.63) is 35.4 Å². The summed E-state index contributed by atoms with van der Waals surface area (Å²) < 4.78 is 26.2. The van der Waals surface area contributed by atoms with Gasteiger partial charge in [-0.1, -0.05) is 18.9 Å². The number of amides is 1. The summed E-state index contributed by atoms with van der Waals surface area (Å²) in [6.07, 6.45) is 5.70. The minimum atomic E-state index is -0.886. The van der Waals surface area contributed by atoms with Crippen molar-refractivity contribution in [1.29, 1.82) is 0 Å². The largest absolute Gasteiger partial charge is 0.348 e. The quantitative estimate of drug-likeness (QED) is 0.881. The van der Waals surface area contributed by atoms with Crippen molar-refractivity contribution < 1.29 is 13.6 Å². The van der Waals surface area contributed by atoms with Crippen LogP contribution in [0.3, 0.4) is 0 Å². The molecular formula is C17H23ClF2N2O. The lowest BCUT2D eigenvalue weighted by Gasteiger charge is -2.24. The standard InChI is InChI=1S/C17H22F2N2O.ClH/c1-10(11-6-7-13(18)14(19)8-11)20-17(22)16-9-12-4-2-3-5-15(12)21-16;/h6-8,10,12,15-16,21H,2-5,9H2,1H3,(H,20,22);1H. The summed E-state index contributed by atoms with van der Waals surface area (Å²) in [5, 5.41) is 6.33. The maximum Gasteiger partial charge on any atom is 0.237 e. The second-order valence-electron chi connectivity index (χ2n) is 6.51. The highest BCUT2D eigenvalue weighted by Gasteiger charge is 2.38. The molecule has 128 valence electrons. The number of rotatable bonds is 3. The van der Waals surface area contributed by atoms with E-state index in [4.69, 9.17) is 0 Å². The third-order valence-corrected chi connectivity index (χ3v) is 4.98. The molecule has 2 aliphatic rings. The predicted octanol–water partition coefficient (Wildman–Crippen LogP) is 3.48. The SMILES string of the molecule is CC(NC(=O)C1CC2CCCCC2N1)c1ccc(F)c(F)c1.Cl. The van der Waals surface area contributed by atoms with Crippen LogP contribution in [-0.4, -0.2) is 18.0 Å². The van der Waals surface area contributed by atoms with Gasteiger partial charge < -0.3 is 10.6 Å². The van der Waals surface area contributed by atoms with Crippen molar-refractivity contribution in [1.82, 2.24) is 10.6 Å². The third-order valence-electron chi connectivity index (χ3n) is 4.98. The second-order valence-corrected chi connectivity index (χ2v) is 6.51. The molecule has 0 spiro atoms. The average molecular weight is 345 g/mol. The fraction of sp³-hybridized carbons (Fsp3) is 0.588. The summed E-state index contributed by atoms with van der Waals surface area (Å²) in [6.45, 7) is 1.78. The van der Waals surface area contributed by atoms with Crippen LogP contribution in [0.2, 0.25) is 0 Å². The van der Waals surface area contributed by atoms with Crippen molar-refractivity contribution >= 4 is 18.3 Å². The Labute approximate surface area is 141 Å². The van der Waals surface area contributed by atoms with E-state index in [9.17, 15) is 13.6 Å². The van der Waals surface area contributed by atoms with E-state index < -0.39 is 11.6 Å². The Morgan fingerprint density at radius 1 is 1.26 bits per heavy atom. The van der Waals surface area contributed by atoms with Crippen molar-refractivity contribution in [2.75, 3.05) is 0 Å². The molecule has 4 unspecified atom stereocenters. The van der Waals surface area contributed by atoms with Gasteiger partial charge in [-0.05, 0) is 49.8 Å². The maximum atomic E-state index is 13.3. The number of fused-ring (bicyclic) bond motifs is 1. The zero-order valence-electron chi connectivity index (χ0n) is 13.1. The molecule has 0 radical (unpaired) electrons. The monoisotopic (exact) mass is 344 g/mol. The Kier molecular flexibility index (Phi) is 5.98. The molecule has 3 nitrogen and oxygen atoms in total. The molecule has 1 saturated heterocycles. The number of carbonyl (C=O) groups is 1. The summed E-state index contributed by atoms with van der Waals surface area (Å²) in [4.78, 5) is 12.4. The summed E-state index contributed by atoms with van der Waals surface area (Å²) >= 11 is 0.